The van der Waals surface area contributed by atoms with Crippen molar-refractivity contribution in [2.75, 3.05) is 13.1 Å². The van der Waals surface area contributed by atoms with Crippen LogP contribution in [0.15, 0.2) is 53.4 Å². The van der Waals surface area contributed by atoms with Gasteiger partial charge in [-0.1, -0.05) is 36.4 Å². The van der Waals surface area contributed by atoms with Gasteiger partial charge in [-0.25, -0.2) is 8.42 Å². The van der Waals surface area contributed by atoms with E-state index in [2.05, 4.69) is 6.07 Å². The maximum Gasteiger partial charge on any atom is 0.243 e. The van der Waals surface area contributed by atoms with Gasteiger partial charge >= 0.3 is 0 Å². The molecule has 0 saturated heterocycles. The Kier molecular flexibility index (Phi) is 5.81. The summed E-state index contributed by atoms with van der Waals surface area (Å²) >= 11 is 0. The smallest absolute Gasteiger partial charge is 0.243 e. The summed E-state index contributed by atoms with van der Waals surface area (Å²) < 4.78 is 27.1. The molecule has 0 unspecified atom stereocenters. The van der Waals surface area contributed by atoms with Gasteiger partial charge in [-0.2, -0.15) is 4.31 Å². The van der Waals surface area contributed by atoms with Crippen LogP contribution in [0.2, 0.25) is 0 Å². The van der Waals surface area contributed by atoms with Crippen molar-refractivity contribution in [3.63, 3.8) is 0 Å². The van der Waals surface area contributed by atoms with E-state index in [4.69, 9.17) is 5.73 Å². The van der Waals surface area contributed by atoms with Gasteiger partial charge in [-0.3, -0.25) is 0 Å². The second kappa shape index (κ2) is 7.45. The predicted molar refractivity (Wildman–Crippen MR) is 94.2 cm³/mol. The van der Waals surface area contributed by atoms with Crippen LogP contribution in [0.3, 0.4) is 0 Å². The van der Waals surface area contributed by atoms with Crippen molar-refractivity contribution in [1.29, 1.82) is 0 Å². The van der Waals surface area contributed by atoms with Crippen LogP contribution in [0.5, 0.6) is 0 Å². The van der Waals surface area contributed by atoms with Crippen molar-refractivity contribution in [1.82, 2.24) is 4.31 Å². The van der Waals surface area contributed by atoms with Crippen molar-refractivity contribution in [2.24, 2.45) is 5.73 Å². The normalized spacial score (nSPS) is 14.8. The van der Waals surface area contributed by atoms with Crippen LogP contribution < -0.4 is 5.73 Å². The molecule has 0 amide bonds. The van der Waals surface area contributed by atoms with Gasteiger partial charge < -0.3 is 5.73 Å². The molecule has 0 bridgehead atoms. The molecule has 124 valence electrons. The molecule has 0 radical (unpaired) electrons. The van der Waals surface area contributed by atoms with E-state index < -0.39 is 10.0 Å². The number of nitrogens with two attached hydrogens (primary N) is 1. The molecule has 0 fully saturated rings. The Morgan fingerprint density at radius 2 is 1.65 bits per heavy atom. The molecule has 0 saturated carbocycles. The minimum absolute atomic E-state index is 0. The molecular formula is C17H21ClN2O2S. The minimum atomic E-state index is -3.43. The summed E-state index contributed by atoms with van der Waals surface area (Å²) in [4.78, 5) is 0.354. The third-order valence-corrected chi connectivity index (χ3v) is 5.95. The zero-order valence-corrected chi connectivity index (χ0v) is 14.4. The van der Waals surface area contributed by atoms with Crippen LogP contribution in [0.25, 0.3) is 0 Å². The first-order valence-corrected chi connectivity index (χ1v) is 8.91. The quantitative estimate of drug-likeness (QED) is 0.918. The molecule has 2 aromatic rings. The largest absolute Gasteiger partial charge is 0.330 e. The average Bonchev–Trinajstić information content (AvgIpc) is 2.55. The molecule has 1 heterocycles. The van der Waals surface area contributed by atoms with Gasteiger partial charge in [-0.15, -0.1) is 12.4 Å². The molecular weight excluding hydrogens is 332 g/mol. The number of sulfonamides is 1. The standard InChI is InChI=1S/C17H20N2O2S.ClH/c18-11-9-14-5-7-17(8-6-14)22(20,21)19-12-10-15-3-1-2-4-16(15)13-19;/h1-8H,9-13,18H2;1H. The van der Waals surface area contributed by atoms with Crippen LogP contribution in [0.1, 0.15) is 16.7 Å². The van der Waals surface area contributed by atoms with Crippen molar-refractivity contribution >= 4 is 22.4 Å². The maximum absolute atomic E-state index is 12.8. The summed E-state index contributed by atoms with van der Waals surface area (Å²) in [5, 5.41) is 0. The lowest BCUT2D eigenvalue weighted by Crippen LogP contribution is -2.35. The lowest BCUT2D eigenvalue weighted by Gasteiger charge is -2.28. The lowest BCUT2D eigenvalue weighted by atomic mass is 10.0. The number of nitrogens with zero attached hydrogens (tertiary/aromatic N) is 1. The topological polar surface area (TPSA) is 63.4 Å². The van der Waals surface area contributed by atoms with Gasteiger partial charge in [0.1, 0.15) is 0 Å². The van der Waals surface area contributed by atoms with Gasteiger partial charge in [0.25, 0.3) is 0 Å². The zero-order valence-electron chi connectivity index (χ0n) is 12.8. The van der Waals surface area contributed by atoms with Crippen molar-refractivity contribution in [3.05, 3.63) is 65.2 Å². The highest BCUT2D eigenvalue weighted by Gasteiger charge is 2.27. The fourth-order valence-corrected chi connectivity index (χ4v) is 4.24. The van der Waals surface area contributed by atoms with E-state index in [1.807, 2.05) is 30.3 Å². The number of halogens is 1. The fourth-order valence-electron chi connectivity index (χ4n) is 2.82. The summed E-state index contributed by atoms with van der Waals surface area (Å²) in [6, 6.07) is 15.1. The highest BCUT2D eigenvalue weighted by Crippen LogP contribution is 2.25. The Morgan fingerprint density at radius 1 is 1.00 bits per heavy atom. The number of hydrogen-bond donors (Lipinski definition) is 1. The third kappa shape index (κ3) is 3.75. The molecule has 4 nitrogen and oxygen atoms in total. The van der Waals surface area contributed by atoms with Crippen molar-refractivity contribution in [2.45, 2.75) is 24.3 Å². The highest BCUT2D eigenvalue weighted by molar-refractivity contribution is 7.89. The molecule has 3 rings (SSSR count). The predicted octanol–water partition coefficient (Wildman–Crippen LogP) is 2.36. The Hall–Kier alpha value is -1.40. The first kappa shape index (κ1) is 17.9. The molecule has 1 aliphatic heterocycles. The summed E-state index contributed by atoms with van der Waals surface area (Å²) in [7, 11) is -3.43. The third-order valence-electron chi connectivity index (χ3n) is 4.09. The number of fused-ring (bicyclic) bond motifs is 1. The first-order chi connectivity index (χ1) is 10.6. The molecule has 0 atom stereocenters. The van der Waals surface area contributed by atoms with E-state index in [-0.39, 0.29) is 12.4 Å². The SMILES string of the molecule is Cl.NCCc1ccc(S(=O)(=O)N2CCc3ccccc3C2)cc1. The van der Waals surface area contributed by atoms with E-state index in [0.29, 0.717) is 24.5 Å². The molecule has 0 aliphatic carbocycles. The summed E-state index contributed by atoms with van der Waals surface area (Å²) in [5.41, 5.74) is 8.92. The second-order valence-electron chi connectivity index (χ2n) is 5.54. The Bertz CT molecular complexity index is 760. The molecule has 6 heteroatoms. The molecule has 2 aromatic carbocycles. The van der Waals surface area contributed by atoms with E-state index in [1.54, 1.807) is 16.4 Å². The van der Waals surface area contributed by atoms with E-state index in [9.17, 15) is 8.42 Å². The number of benzene rings is 2. The molecule has 1 aliphatic rings. The summed E-state index contributed by atoms with van der Waals surface area (Å²) in [6.07, 6.45) is 1.53. The maximum atomic E-state index is 12.8. The average molecular weight is 353 g/mol. The Balaban J connectivity index is 0.00000192. The minimum Gasteiger partial charge on any atom is -0.330 e. The van der Waals surface area contributed by atoms with Gasteiger partial charge in [0.15, 0.2) is 0 Å². The zero-order chi connectivity index (χ0) is 15.6. The summed E-state index contributed by atoms with van der Waals surface area (Å²) in [5.74, 6) is 0. The fraction of sp³-hybridized carbons (Fsp3) is 0.294. The van der Waals surface area contributed by atoms with Crippen LogP contribution in [0, 0.1) is 0 Å². The van der Waals surface area contributed by atoms with E-state index in [1.165, 1.54) is 5.56 Å². The Labute approximate surface area is 143 Å². The lowest BCUT2D eigenvalue weighted by molar-refractivity contribution is 0.391. The number of rotatable bonds is 4. The summed E-state index contributed by atoms with van der Waals surface area (Å²) in [6.45, 7) is 1.54. The van der Waals surface area contributed by atoms with Crippen LogP contribution in [-0.2, 0) is 29.4 Å². The van der Waals surface area contributed by atoms with Crippen LogP contribution in [-0.4, -0.2) is 25.8 Å². The van der Waals surface area contributed by atoms with E-state index in [0.717, 1.165) is 24.0 Å². The first-order valence-electron chi connectivity index (χ1n) is 7.47. The monoisotopic (exact) mass is 352 g/mol. The van der Waals surface area contributed by atoms with Crippen molar-refractivity contribution < 1.29 is 8.42 Å². The van der Waals surface area contributed by atoms with Gasteiger partial charge in [0, 0.05) is 13.1 Å². The van der Waals surface area contributed by atoms with Crippen LogP contribution in [0.4, 0.5) is 0 Å². The van der Waals surface area contributed by atoms with Gasteiger partial charge in [-0.05, 0) is 48.2 Å². The molecule has 0 aromatic heterocycles. The molecule has 2 N–H and O–H groups in total. The number of hydrogen-bond acceptors (Lipinski definition) is 3. The van der Waals surface area contributed by atoms with Crippen LogP contribution >= 0.6 is 12.4 Å². The van der Waals surface area contributed by atoms with Gasteiger partial charge in [0.2, 0.25) is 10.0 Å². The molecule has 23 heavy (non-hydrogen) atoms. The Morgan fingerprint density at radius 3 is 2.30 bits per heavy atom. The van der Waals surface area contributed by atoms with Crippen molar-refractivity contribution in [3.8, 4) is 0 Å². The van der Waals surface area contributed by atoms with E-state index >= 15 is 0 Å². The highest BCUT2D eigenvalue weighted by atomic mass is 35.5. The second-order valence-corrected chi connectivity index (χ2v) is 7.48. The van der Waals surface area contributed by atoms with Gasteiger partial charge in [0.05, 0.1) is 4.90 Å². The molecule has 0 spiro atoms.